The van der Waals surface area contributed by atoms with Crippen LogP contribution >= 0.6 is 0 Å². The van der Waals surface area contributed by atoms with Crippen LogP contribution in [-0.4, -0.2) is 24.4 Å². The van der Waals surface area contributed by atoms with E-state index in [1.54, 1.807) is 12.1 Å². The van der Waals surface area contributed by atoms with Crippen LogP contribution in [0.1, 0.15) is 27.8 Å². The molecule has 3 aromatic rings. The number of ether oxygens (including phenoxy) is 1. The van der Waals surface area contributed by atoms with Crippen LogP contribution in [0.15, 0.2) is 82.1 Å². The van der Waals surface area contributed by atoms with E-state index in [4.69, 9.17) is 13.3 Å². The van der Waals surface area contributed by atoms with Crippen molar-refractivity contribution in [3.63, 3.8) is 0 Å². The fourth-order valence-corrected chi connectivity index (χ4v) is 5.33. The van der Waals surface area contributed by atoms with Crippen LogP contribution in [0.2, 0.25) is 0 Å². The van der Waals surface area contributed by atoms with Gasteiger partial charge in [-0.05, 0) is 30.2 Å². The second-order valence-corrected chi connectivity index (χ2v) is 9.19. The Morgan fingerprint density at radius 1 is 0.839 bits per heavy atom. The minimum Gasteiger partial charge on any atom is -0.467 e. The van der Waals surface area contributed by atoms with Crippen molar-refractivity contribution in [2.75, 3.05) is 14.2 Å². The first-order valence-corrected chi connectivity index (χ1v) is 11.2. The predicted octanol–water partition coefficient (Wildman–Crippen LogP) is 4.98. The lowest BCUT2D eigenvalue weighted by atomic mass is 9.81. The molecule has 0 aliphatic heterocycles. The van der Waals surface area contributed by atoms with Crippen molar-refractivity contribution in [1.82, 2.24) is 0 Å². The number of carbonyl (C=O) groups is 1. The van der Waals surface area contributed by atoms with Crippen LogP contribution in [0, 0.1) is 6.92 Å². The van der Waals surface area contributed by atoms with Crippen LogP contribution in [0.5, 0.6) is 0 Å². The summed E-state index contributed by atoms with van der Waals surface area (Å²) < 4.78 is 29.6. The Morgan fingerprint density at radius 3 is 1.84 bits per heavy atom. The molecule has 0 heterocycles. The SMILES string of the molecule is COC(=O)C1(N=S(=O)(OC)c2ccc(C)cc2)c2ccccc2C=Cc2ccccc21. The van der Waals surface area contributed by atoms with Crippen molar-refractivity contribution < 1.29 is 17.9 Å². The van der Waals surface area contributed by atoms with Gasteiger partial charge in [0.25, 0.3) is 0 Å². The van der Waals surface area contributed by atoms with Crippen molar-refractivity contribution >= 4 is 28.1 Å². The molecule has 3 aromatic carbocycles. The topological polar surface area (TPSA) is 65.0 Å². The minimum absolute atomic E-state index is 0.385. The first kappa shape index (κ1) is 21.0. The summed E-state index contributed by atoms with van der Waals surface area (Å²) in [5.41, 5.74) is 2.08. The fraction of sp³-hybridized carbons (Fsp3) is 0.160. The van der Waals surface area contributed by atoms with E-state index < -0.39 is 21.5 Å². The van der Waals surface area contributed by atoms with Gasteiger partial charge >= 0.3 is 5.97 Å². The molecular weight excluding hydrogens is 410 g/mol. The van der Waals surface area contributed by atoms with Crippen LogP contribution in [0.4, 0.5) is 0 Å². The van der Waals surface area contributed by atoms with Gasteiger partial charge in [-0.15, -0.1) is 0 Å². The van der Waals surface area contributed by atoms with Gasteiger partial charge in [-0.25, -0.2) is 9.00 Å². The van der Waals surface area contributed by atoms with Gasteiger partial charge in [0.2, 0.25) is 5.54 Å². The number of carbonyl (C=O) groups excluding carboxylic acids is 1. The minimum atomic E-state index is -3.44. The highest BCUT2D eigenvalue weighted by molar-refractivity contribution is 7.89. The van der Waals surface area contributed by atoms with Gasteiger partial charge in [0.05, 0.1) is 19.1 Å². The number of rotatable bonds is 4. The van der Waals surface area contributed by atoms with E-state index in [1.807, 2.05) is 79.7 Å². The average molecular weight is 434 g/mol. The third-order valence-electron chi connectivity index (χ3n) is 5.43. The van der Waals surface area contributed by atoms with Gasteiger partial charge in [-0.3, -0.25) is 4.18 Å². The molecule has 0 bridgehead atoms. The molecule has 31 heavy (non-hydrogen) atoms. The van der Waals surface area contributed by atoms with Gasteiger partial charge in [0, 0.05) is 11.1 Å². The molecule has 0 radical (unpaired) electrons. The van der Waals surface area contributed by atoms with E-state index in [0.717, 1.165) is 16.7 Å². The van der Waals surface area contributed by atoms with Gasteiger partial charge in [-0.1, -0.05) is 78.4 Å². The van der Waals surface area contributed by atoms with E-state index in [0.29, 0.717) is 16.0 Å². The Morgan fingerprint density at radius 2 is 1.35 bits per heavy atom. The molecule has 6 heteroatoms. The molecular formula is C25H23NO4S. The smallest absolute Gasteiger partial charge is 0.344 e. The number of nitrogens with zero attached hydrogens (tertiary/aromatic N) is 1. The number of methoxy groups -OCH3 is 1. The normalized spacial score (nSPS) is 15.7. The molecule has 1 aliphatic carbocycles. The largest absolute Gasteiger partial charge is 0.467 e. The molecule has 0 saturated carbocycles. The van der Waals surface area contributed by atoms with Gasteiger partial charge in [-0.2, -0.15) is 4.36 Å². The molecule has 1 aliphatic rings. The summed E-state index contributed by atoms with van der Waals surface area (Å²) >= 11 is 0. The Bertz CT molecular complexity index is 1240. The van der Waals surface area contributed by atoms with Crippen molar-refractivity contribution in [3.05, 3.63) is 101 Å². The van der Waals surface area contributed by atoms with Gasteiger partial charge in [0.15, 0.2) is 10.0 Å². The standard InChI is InChI=1S/C25H23NO4S/c1-18-12-16-21(17-13-18)31(28,30-3)26-25(24(27)29-2)22-10-6-4-8-19(22)14-15-20-9-5-7-11-23(20)25/h4-17H,1-3H3. The second kappa shape index (κ2) is 8.13. The molecule has 0 spiro atoms. The Labute approximate surface area is 182 Å². The predicted molar refractivity (Wildman–Crippen MR) is 122 cm³/mol. The van der Waals surface area contributed by atoms with E-state index in [9.17, 15) is 9.00 Å². The maximum Gasteiger partial charge on any atom is 0.344 e. The molecule has 0 fully saturated rings. The Kier molecular flexibility index (Phi) is 5.52. The first-order valence-electron chi connectivity index (χ1n) is 9.81. The van der Waals surface area contributed by atoms with E-state index >= 15 is 0 Å². The summed E-state index contributed by atoms with van der Waals surface area (Å²) in [4.78, 5) is 13.9. The molecule has 1 unspecified atom stereocenters. The summed E-state index contributed by atoms with van der Waals surface area (Å²) in [6.45, 7) is 1.94. The molecule has 5 nitrogen and oxygen atoms in total. The lowest BCUT2D eigenvalue weighted by Crippen LogP contribution is -2.38. The van der Waals surface area contributed by atoms with Gasteiger partial charge < -0.3 is 4.74 Å². The van der Waals surface area contributed by atoms with Crippen LogP contribution < -0.4 is 0 Å². The number of hydrogen-bond acceptors (Lipinski definition) is 5. The van der Waals surface area contributed by atoms with Crippen LogP contribution in [0.3, 0.4) is 0 Å². The Hall–Kier alpha value is -3.22. The van der Waals surface area contributed by atoms with Gasteiger partial charge in [0.1, 0.15) is 0 Å². The lowest BCUT2D eigenvalue weighted by Gasteiger charge is -2.30. The third-order valence-corrected chi connectivity index (χ3v) is 7.26. The summed E-state index contributed by atoms with van der Waals surface area (Å²) in [6.07, 6.45) is 3.85. The maximum atomic E-state index is 14.1. The van der Waals surface area contributed by atoms with E-state index in [-0.39, 0.29) is 0 Å². The highest BCUT2D eigenvalue weighted by Gasteiger charge is 2.48. The van der Waals surface area contributed by atoms with Crippen LogP contribution in [-0.2, 0) is 29.3 Å². The average Bonchev–Trinajstić information content (AvgIpc) is 2.94. The monoisotopic (exact) mass is 433 g/mol. The maximum absolute atomic E-state index is 14.1. The van der Waals surface area contributed by atoms with E-state index in [2.05, 4.69) is 0 Å². The number of benzene rings is 3. The zero-order chi connectivity index (χ0) is 22.1. The molecule has 4 rings (SSSR count). The number of hydrogen-bond donors (Lipinski definition) is 0. The molecule has 0 N–H and O–H groups in total. The first-order chi connectivity index (χ1) is 14.9. The summed E-state index contributed by atoms with van der Waals surface area (Å²) in [5.74, 6) is -0.631. The number of esters is 1. The highest BCUT2D eigenvalue weighted by Crippen LogP contribution is 2.43. The zero-order valence-corrected chi connectivity index (χ0v) is 18.4. The molecule has 0 saturated heterocycles. The van der Waals surface area contributed by atoms with Crippen LogP contribution in [0.25, 0.3) is 12.2 Å². The number of aryl methyl sites for hydroxylation is 1. The second-order valence-electron chi connectivity index (χ2n) is 7.26. The third kappa shape index (κ3) is 3.48. The molecule has 0 amide bonds. The Balaban J connectivity index is 2.16. The summed E-state index contributed by atoms with van der Waals surface area (Å²) in [7, 11) is -0.795. The van der Waals surface area contributed by atoms with Crippen molar-refractivity contribution in [2.45, 2.75) is 17.4 Å². The quantitative estimate of drug-likeness (QED) is 0.544. The molecule has 1 atom stereocenters. The molecule has 158 valence electrons. The van der Waals surface area contributed by atoms with E-state index in [1.165, 1.54) is 14.2 Å². The van der Waals surface area contributed by atoms with Crippen molar-refractivity contribution in [1.29, 1.82) is 0 Å². The summed E-state index contributed by atoms with van der Waals surface area (Å²) in [5, 5.41) is 0. The van der Waals surface area contributed by atoms with Crippen molar-refractivity contribution in [2.24, 2.45) is 4.36 Å². The highest BCUT2D eigenvalue weighted by atomic mass is 32.2. The molecule has 0 aromatic heterocycles. The lowest BCUT2D eigenvalue weighted by molar-refractivity contribution is -0.145. The number of fused-ring (bicyclic) bond motifs is 2. The summed E-state index contributed by atoms with van der Waals surface area (Å²) in [6, 6.07) is 21.9. The zero-order valence-electron chi connectivity index (χ0n) is 17.6. The van der Waals surface area contributed by atoms with Crippen molar-refractivity contribution in [3.8, 4) is 0 Å². The fourth-order valence-electron chi connectivity index (χ4n) is 3.85.